The minimum Gasteiger partial charge on any atom is -0.391 e. The number of aliphatic hydroxyl groups excluding tert-OH is 1. The molecule has 0 aliphatic carbocycles. The van der Waals surface area contributed by atoms with Gasteiger partial charge in [0.05, 0.1) is 6.10 Å². The number of hydrogen-bond donors (Lipinski definition) is 3. The number of aliphatic hydroxyl groups is 1. The van der Waals surface area contributed by atoms with Gasteiger partial charge in [-0.1, -0.05) is 17.7 Å². The molecule has 1 saturated heterocycles. The van der Waals surface area contributed by atoms with E-state index < -0.39 is 6.10 Å². The first-order chi connectivity index (χ1) is 11.6. The lowest BCUT2D eigenvalue weighted by atomic mass is 10.1. The molecule has 1 aromatic heterocycles. The van der Waals surface area contributed by atoms with Crippen molar-refractivity contribution in [3.8, 4) is 0 Å². The van der Waals surface area contributed by atoms with E-state index >= 15 is 0 Å². The summed E-state index contributed by atoms with van der Waals surface area (Å²) in [5.74, 6) is 1.08. The largest absolute Gasteiger partial charge is 0.391 e. The Labute approximate surface area is 140 Å². The maximum atomic E-state index is 13.8. The van der Waals surface area contributed by atoms with Crippen LogP contribution in [0.3, 0.4) is 0 Å². The van der Waals surface area contributed by atoms with Crippen LogP contribution in [0.25, 0.3) is 0 Å². The molecule has 2 atom stereocenters. The highest BCUT2D eigenvalue weighted by Crippen LogP contribution is 2.25. The molecule has 1 aromatic carbocycles. The average molecular weight is 331 g/mol. The zero-order chi connectivity index (χ0) is 17.1. The van der Waals surface area contributed by atoms with Gasteiger partial charge in [0.2, 0.25) is 0 Å². The lowest BCUT2D eigenvalue weighted by Crippen LogP contribution is -2.36. The summed E-state index contributed by atoms with van der Waals surface area (Å²) in [7, 11) is 0. The molecule has 0 unspecified atom stereocenters. The molecule has 24 heavy (non-hydrogen) atoms. The van der Waals surface area contributed by atoms with Crippen LogP contribution < -0.4 is 16.0 Å². The van der Waals surface area contributed by atoms with Crippen LogP contribution in [0.2, 0.25) is 0 Å². The molecule has 2 heterocycles. The summed E-state index contributed by atoms with van der Waals surface area (Å²) in [4.78, 5) is 10.4. The van der Waals surface area contributed by atoms with Crippen LogP contribution >= 0.6 is 0 Å². The van der Waals surface area contributed by atoms with E-state index in [9.17, 15) is 9.50 Å². The zero-order valence-corrected chi connectivity index (χ0v) is 13.6. The van der Waals surface area contributed by atoms with E-state index in [1.807, 2.05) is 17.9 Å². The topological polar surface area (TPSA) is 87.3 Å². The molecule has 2 aromatic rings. The van der Waals surface area contributed by atoms with Crippen LogP contribution in [0.1, 0.15) is 17.5 Å². The van der Waals surface area contributed by atoms with Gasteiger partial charge in [-0.25, -0.2) is 14.4 Å². The summed E-state index contributed by atoms with van der Waals surface area (Å²) in [5, 5.41) is 13.0. The van der Waals surface area contributed by atoms with Crippen molar-refractivity contribution in [2.24, 2.45) is 5.73 Å². The number of β-amino-alcohol motifs (C(OH)–C–C–N with tert-alkyl or cyclic N) is 1. The van der Waals surface area contributed by atoms with Gasteiger partial charge in [0, 0.05) is 37.3 Å². The summed E-state index contributed by atoms with van der Waals surface area (Å²) >= 11 is 0. The molecule has 1 aliphatic heterocycles. The minimum atomic E-state index is -0.397. The second-order valence-corrected chi connectivity index (χ2v) is 6.14. The third-order valence-corrected chi connectivity index (χ3v) is 4.27. The van der Waals surface area contributed by atoms with Crippen molar-refractivity contribution in [2.75, 3.05) is 23.3 Å². The van der Waals surface area contributed by atoms with E-state index in [-0.39, 0.29) is 11.9 Å². The normalized spacial score (nSPS) is 20.4. The van der Waals surface area contributed by atoms with Crippen LogP contribution in [-0.4, -0.2) is 40.3 Å². The number of nitrogens with one attached hydrogen (secondary N) is 1. The van der Waals surface area contributed by atoms with Crippen molar-refractivity contribution in [1.82, 2.24) is 9.97 Å². The fraction of sp³-hybridized carbons (Fsp3) is 0.412. The van der Waals surface area contributed by atoms with E-state index in [1.54, 1.807) is 12.1 Å². The van der Waals surface area contributed by atoms with E-state index in [0.29, 0.717) is 43.3 Å². The standard InChI is InChI=1S/C17H22FN5O/c1-11-2-3-15(18)12(4-11)8-20-16-6-17(22-10-21-16)23-9-14(24)5-13(23)7-19/h2-4,6,10,13-14,24H,5,7-9,19H2,1H3,(H,20,21,22)/t13-,14-/m1/s1. The molecule has 0 spiro atoms. The highest BCUT2D eigenvalue weighted by molar-refractivity contribution is 5.50. The summed E-state index contributed by atoms with van der Waals surface area (Å²) < 4.78 is 13.8. The maximum absolute atomic E-state index is 13.8. The van der Waals surface area contributed by atoms with Crippen LogP contribution in [0.4, 0.5) is 16.0 Å². The average Bonchev–Trinajstić information content (AvgIpc) is 2.97. The van der Waals surface area contributed by atoms with Crippen LogP contribution in [0.15, 0.2) is 30.6 Å². The number of rotatable bonds is 5. The third-order valence-electron chi connectivity index (χ3n) is 4.27. The zero-order valence-electron chi connectivity index (χ0n) is 13.6. The Morgan fingerprint density at radius 2 is 2.21 bits per heavy atom. The van der Waals surface area contributed by atoms with Crippen molar-refractivity contribution in [2.45, 2.75) is 32.0 Å². The predicted octanol–water partition coefficient (Wildman–Crippen LogP) is 1.43. The Morgan fingerprint density at radius 1 is 1.38 bits per heavy atom. The quantitative estimate of drug-likeness (QED) is 0.768. The Morgan fingerprint density at radius 3 is 3.00 bits per heavy atom. The highest BCUT2D eigenvalue weighted by Gasteiger charge is 2.30. The molecule has 1 aliphatic rings. The Kier molecular flexibility index (Phi) is 4.92. The molecule has 7 heteroatoms. The van der Waals surface area contributed by atoms with Gasteiger partial charge in [-0.05, 0) is 19.4 Å². The third kappa shape index (κ3) is 3.63. The summed E-state index contributed by atoms with van der Waals surface area (Å²) in [5.41, 5.74) is 7.37. The number of nitrogens with zero attached hydrogens (tertiary/aromatic N) is 3. The molecule has 1 fully saturated rings. The van der Waals surface area contributed by atoms with E-state index in [0.717, 1.165) is 5.56 Å². The van der Waals surface area contributed by atoms with Gasteiger partial charge < -0.3 is 21.1 Å². The van der Waals surface area contributed by atoms with Crippen LogP contribution in [0, 0.1) is 12.7 Å². The SMILES string of the molecule is Cc1ccc(F)c(CNc2cc(N3C[C@H](O)C[C@@H]3CN)ncn2)c1. The number of hydrogen-bond acceptors (Lipinski definition) is 6. The van der Waals surface area contributed by atoms with Gasteiger partial charge in [0.25, 0.3) is 0 Å². The summed E-state index contributed by atoms with van der Waals surface area (Å²) in [6.07, 6.45) is 1.70. The van der Waals surface area contributed by atoms with Gasteiger partial charge >= 0.3 is 0 Å². The van der Waals surface area contributed by atoms with Crippen molar-refractivity contribution >= 4 is 11.6 Å². The number of halogens is 1. The minimum absolute atomic E-state index is 0.0666. The molecule has 0 bridgehead atoms. The van der Waals surface area contributed by atoms with Gasteiger partial charge in [-0.15, -0.1) is 0 Å². The fourth-order valence-electron chi connectivity index (χ4n) is 3.02. The Balaban J connectivity index is 1.72. The highest BCUT2D eigenvalue weighted by atomic mass is 19.1. The molecular formula is C17H22FN5O. The first-order valence-corrected chi connectivity index (χ1v) is 8.02. The lowest BCUT2D eigenvalue weighted by Gasteiger charge is -2.24. The first-order valence-electron chi connectivity index (χ1n) is 8.02. The Hall–Kier alpha value is -2.25. The van der Waals surface area contributed by atoms with Gasteiger partial charge in [-0.3, -0.25) is 0 Å². The molecule has 4 N–H and O–H groups in total. The van der Waals surface area contributed by atoms with Crippen molar-refractivity contribution in [3.05, 3.63) is 47.5 Å². The van der Waals surface area contributed by atoms with Crippen LogP contribution in [0.5, 0.6) is 0 Å². The van der Waals surface area contributed by atoms with Gasteiger partial charge in [0.15, 0.2) is 0 Å². The van der Waals surface area contributed by atoms with Crippen LogP contribution in [-0.2, 0) is 6.54 Å². The summed E-state index contributed by atoms with van der Waals surface area (Å²) in [6, 6.07) is 6.89. The maximum Gasteiger partial charge on any atom is 0.134 e. The molecule has 3 rings (SSSR count). The molecule has 0 radical (unpaired) electrons. The molecule has 0 saturated carbocycles. The second kappa shape index (κ2) is 7.11. The number of aromatic nitrogens is 2. The first kappa shape index (κ1) is 16.6. The van der Waals surface area contributed by atoms with Crippen molar-refractivity contribution in [1.29, 1.82) is 0 Å². The second-order valence-electron chi connectivity index (χ2n) is 6.14. The molecule has 0 amide bonds. The van der Waals surface area contributed by atoms with Gasteiger partial charge in [0.1, 0.15) is 23.8 Å². The Bertz CT molecular complexity index is 711. The predicted molar refractivity (Wildman–Crippen MR) is 91.3 cm³/mol. The summed E-state index contributed by atoms with van der Waals surface area (Å²) in [6.45, 7) is 3.23. The van der Waals surface area contributed by atoms with E-state index in [4.69, 9.17) is 5.73 Å². The molecule has 128 valence electrons. The van der Waals surface area contributed by atoms with Crippen molar-refractivity contribution < 1.29 is 9.50 Å². The smallest absolute Gasteiger partial charge is 0.134 e. The monoisotopic (exact) mass is 331 g/mol. The molecular weight excluding hydrogens is 309 g/mol. The number of nitrogens with two attached hydrogens (primary N) is 1. The van der Waals surface area contributed by atoms with E-state index in [1.165, 1.54) is 12.4 Å². The lowest BCUT2D eigenvalue weighted by molar-refractivity contribution is 0.194. The number of anilines is 2. The fourth-order valence-corrected chi connectivity index (χ4v) is 3.02. The van der Waals surface area contributed by atoms with E-state index in [2.05, 4.69) is 15.3 Å². The van der Waals surface area contributed by atoms with Crippen molar-refractivity contribution in [3.63, 3.8) is 0 Å². The number of aryl methyl sites for hydroxylation is 1. The molecule has 6 nitrogen and oxygen atoms in total. The number of benzene rings is 1. The van der Waals surface area contributed by atoms with Gasteiger partial charge in [-0.2, -0.15) is 0 Å².